The first-order chi connectivity index (χ1) is 5.77. The summed E-state index contributed by atoms with van der Waals surface area (Å²) >= 11 is 0. The number of rotatable bonds is 5. The Morgan fingerprint density at radius 3 is 2.17 bits per heavy atom. The van der Waals surface area contributed by atoms with E-state index in [1.165, 1.54) is 6.42 Å². The molecule has 0 rings (SSSR count). The third-order valence-electron chi connectivity index (χ3n) is 1.54. The molecule has 2 nitrogen and oxygen atoms in total. The highest BCUT2D eigenvalue weighted by atomic mass is 16.5. The second-order valence-corrected chi connectivity index (χ2v) is 2.83. The van der Waals surface area contributed by atoms with E-state index in [0.717, 1.165) is 25.7 Å². The third kappa shape index (κ3) is 9.48. The van der Waals surface area contributed by atoms with Crippen LogP contribution in [0.2, 0.25) is 0 Å². The van der Waals surface area contributed by atoms with Crippen LogP contribution in [0.3, 0.4) is 0 Å². The Bertz CT molecular complexity index is 142. The molecule has 0 aromatic carbocycles. The van der Waals surface area contributed by atoms with Crippen molar-refractivity contribution in [2.24, 2.45) is 0 Å². The molecule has 0 heterocycles. The first-order valence-electron chi connectivity index (χ1n) is 4.59. The summed E-state index contributed by atoms with van der Waals surface area (Å²) in [4.78, 5) is 0. The van der Waals surface area contributed by atoms with E-state index in [1.54, 1.807) is 0 Å². The zero-order valence-electron chi connectivity index (χ0n) is 7.71. The van der Waals surface area contributed by atoms with Crippen LogP contribution in [-0.2, 0) is 0 Å². The molecule has 0 radical (unpaired) electrons. The van der Waals surface area contributed by atoms with E-state index in [9.17, 15) is 0 Å². The summed E-state index contributed by atoms with van der Waals surface area (Å²) in [7, 11) is 0. The van der Waals surface area contributed by atoms with Crippen LogP contribution in [0.4, 0.5) is 0 Å². The fraction of sp³-hybridized carbons (Fsp3) is 0.800. The Kier molecular flexibility index (Phi) is 8.20. The van der Waals surface area contributed by atoms with Crippen LogP contribution in [-0.4, -0.2) is 16.5 Å². The van der Waals surface area contributed by atoms with E-state index in [-0.39, 0.29) is 0 Å². The Morgan fingerprint density at radius 1 is 1.08 bits per heavy atom. The molecule has 0 saturated carbocycles. The number of aliphatic hydroxyl groups is 2. The van der Waals surface area contributed by atoms with Crippen LogP contribution in [0.1, 0.15) is 45.4 Å². The Morgan fingerprint density at radius 2 is 1.67 bits per heavy atom. The van der Waals surface area contributed by atoms with E-state index < -0.39 is 6.29 Å². The van der Waals surface area contributed by atoms with Gasteiger partial charge in [0, 0.05) is 12.8 Å². The summed E-state index contributed by atoms with van der Waals surface area (Å²) in [6, 6.07) is 0. The maximum absolute atomic E-state index is 8.50. The molecule has 0 amide bonds. The monoisotopic (exact) mass is 170 g/mol. The minimum Gasteiger partial charge on any atom is -0.368 e. The van der Waals surface area contributed by atoms with Crippen molar-refractivity contribution in [3.05, 3.63) is 0 Å². The molecule has 0 saturated heterocycles. The second-order valence-electron chi connectivity index (χ2n) is 2.83. The number of aliphatic hydroxyl groups excluding tert-OH is 1. The Balaban J connectivity index is 3.10. The lowest BCUT2D eigenvalue weighted by atomic mass is 10.2. The molecule has 0 bridgehead atoms. The molecular formula is C10H18O2. The van der Waals surface area contributed by atoms with Gasteiger partial charge in [0.1, 0.15) is 0 Å². The van der Waals surface area contributed by atoms with Crippen molar-refractivity contribution in [3.8, 4) is 11.8 Å². The maximum atomic E-state index is 8.50. The summed E-state index contributed by atoms with van der Waals surface area (Å²) in [6.45, 7) is 2.14. The molecule has 0 spiro atoms. The lowest BCUT2D eigenvalue weighted by Gasteiger charge is -1.97. The van der Waals surface area contributed by atoms with Crippen molar-refractivity contribution < 1.29 is 10.2 Å². The second kappa shape index (κ2) is 8.58. The summed E-state index contributed by atoms with van der Waals surface area (Å²) < 4.78 is 0. The lowest BCUT2D eigenvalue weighted by molar-refractivity contribution is -0.0459. The maximum Gasteiger partial charge on any atom is 0.151 e. The van der Waals surface area contributed by atoms with Gasteiger partial charge in [-0.25, -0.2) is 0 Å². The molecule has 0 fully saturated rings. The van der Waals surface area contributed by atoms with Gasteiger partial charge in [-0.1, -0.05) is 13.3 Å². The minimum absolute atomic E-state index is 0.433. The van der Waals surface area contributed by atoms with E-state index in [0.29, 0.717) is 6.42 Å². The van der Waals surface area contributed by atoms with Gasteiger partial charge in [-0.3, -0.25) is 0 Å². The van der Waals surface area contributed by atoms with Gasteiger partial charge in [0.25, 0.3) is 0 Å². The van der Waals surface area contributed by atoms with E-state index in [2.05, 4.69) is 18.8 Å². The average molecular weight is 170 g/mol. The van der Waals surface area contributed by atoms with Crippen molar-refractivity contribution in [1.29, 1.82) is 0 Å². The summed E-state index contributed by atoms with van der Waals surface area (Å²) in [5.74, 6) is 6.05. The molecule has 2 N–H and O–H groups in total. The van der Waals surface area contributed by atoms with Gasteiger partial charge in [0.05, 0.1) is 0 Å². The molecule has 2 heteroatoms. The largest absolute Gasteiger partial charge is 0.368 e. The van der Waals surface area contributed by atoms with Crippen molar-refractivity contribution in [2.75, 3.05) is 0 Å². The Hall–Kier alpha value is -0.520. The highest BCUT2D eigenvalue weighted by Crippen LogP contribution is 1.97. The first-order valence-corrected chi connectivity index (χ1v) is 4.59. The van der Waals surface area contributed by atoms with Gasteiger partial charge in [-0.05, 0) is 19.3 Å². The normalized spacial score (nSPS) is 9.67. The van der Waals surface area contributed by atoms with Crippen molar-refractivity contribution in [2.45, 2.75) is 51.7 Å². The Labute approximate surface area is 74.6 Å². The van der Waals surface area contributed by atoms with Crippen LogP contribution >= 0.6 is 0 Å². The van der Waals surface area contributed by atoms with Crippen molar-refractivity contribution in [1.82, 2.24) is 0 Å². The van der Waals surface area contributed by atoms with Crippen LogP contribution in [0.25, 0.3) is 0 Å². The predicted molar refractivity (Wildman–Crippen MR) is 49.4 cm³/mol. The number of unbranched alkanes of at least 4 members (excludes halogenated alkanes) is 3. The molecule has 0 aliphatic carbocycles. The van der Waals surface area contributed by atoms with E-state index in [1.807, 2.05) is 0 Å². The SMILES string of the molecule is CCCCC#CCCCC(O)O. The fourth-order valence-electron chi connectivity index (χ4n) is 0.815. The number of hydrogen-bond donors (Lipinski definition) is 2. The van der Waals surface area contributed by atoms with Gasteiger partial charge >= 0.3 is 0 Å². The van der Waals surface area contributed by atoms with Crippen molar-refractivity contribution >= 4 is 0 Å². The van der Waals surface area contributed by atoms with Gasteiger partial charge in [0.2, 0.25) is 0 Å². The first kappa shape index (κ1) is 11.5. The predicted octanol–water partition coefficient (Wildman–Crippen LogP) is 1.66. The zero-order chi connectivity index (χ0) is 9.23. The van der Waals surface area contributed by atoms with E-state index in [4.69, 9.17) is 10.2 Å². The highest BCUT2D eigenvalue weighted by molar-refractivity contribution is 4.98. The quantitative estimate of drug-likeness (QED) is 0.374. The molecule has 0 aromatic rings. The van der Waals surface area contributed by atoms with Crippen LogP contribution in [0.15, 0.2) is 0 Å². The molecule has 0 unspecified atom stereocenters. The summed E-state index contributed by atoms with van der Waals surface area (Å²) in [5.41, 5.74) is 0. The summed E-state index contributed by atoms with van der Waals surface area (Å²) in [5, 5.41) is 17.0. The van der Waals surface area contributed by atoms with Gasteiger partial charge in [-0.2, -0.15) is 0 Å². The van der Waals surface area contributed by atoms with Crippen molar-refractivity contribution in [3.63, 3.8) is 0 Å². The van der Waals surface area contributed by atoms with Crippen LogP contribution < -0.4 is 0 Å². The van der Waals surface area contributed by atoms with Crippen LogP contribution in [0.5, 0.6) is 0 Å². The molecule has 0 atom stereocenters. The smallest absolute Gasteiger partial charge is 0.151 e. The highest BCUT2D eigenvalue weighted by Gasteiger charge is 1.93. The van der Waals surface area contributed by atoms with Gasteiger partial charge in [-0.15, -0.1) is 11.8 Å². The third-order valence-corrected chi connectivity index (χ3v) is 1.54. The average Bonchev–Trinajstić information content (AvgIpc) is 2.02. The standard InChI is InChI=1S/C10H18O2/c1-2-3-4-5-6-7-8-9-10(11)12/h10-12H,2-4,7-9H2,1H3. The van der Waals surface area contributed by atoms with Gasteiger partial charge in [0.15, 0.2) is 6.29 Å². The lowest BCUT2D eigenvalue weighted by Crippen LogP contribution is -2.02. The van der Waals surface area contributed by atoms with Gasteiger partial charge < -0.3 is 10.2 Å². The van der Waals surface area contributed by atoms with Crippen LogP contribution in [0, 0.1) is 11.8 Å². The molecule has 0 aromatic heterocycles. The number of hydrogen-bond acceptors (Lipinski definition) is 2. The fourth-order valence-corrected chi connectivity index (χ4v) is 0.815. The molecule has 12 heavy (non-hydrogen) atoms. The van der Waals surface area contributed by atoms with E-state index >= 15 is 0 Å². The molecular weight excluding hydrogens is 152 g/mol. The summed E-state index contributed by atoms with van der Waals surface area (Å²) in [6.07, 6.45) is 4.14. The zero-order valence-corrected chi connectivity index (χ0v) is 7.71. The molecule has 70 valence electrons. The molecule has 0 aliphatic heterocycles. The minimum atomic E-state index is -1.16. The molecule has 0 aliphatic rings. The topological polar surface area (TPSA) is 40.5 Å².